The van der Waals surface area contributed by atoms with Crippen LogP contribution in [0, 0.1) is 23.7 Å². The highest BCUT2D eigenvalue weighted by Gasteiger charge is 2.30. The summed E-state index contributed by atoms with van der Waals surface area (Å²) in [6.45, 7) is 2.27. The summed E-state index contributed by atoms with van der Waals surface area (Å²) in [5.74, 6) is 6.65. The van der Waals surface area contributed by atoms with E-state index in [1.807, 2.05) is 36.4 Å². The number of carbonyl (C=O) groups is 1. The number of halogens is 1. The third-order valence-corrected chi connectivity index (χ3v) is 7.00. The summed E-state index contributed by atoms with van der Waals surface area (Å²) in [6, 6.07) is 12.9. The molecule has 7 heteroatoms. The Hall–Kier alpha value is -3.50. The third-order valence-electron chi connectivity index (χ3n) is 7.00. The number of benzene rings is 1. The van der Waals surface area contributed by atoms with E-state index in [9.17, 15) is 9.90 Å². The van der Waals surface area contributed by atoms with Crippen molar-refractivity contribution >= 4 is 16.9 Å². The number of aromatic nitrogens is 2. The largest absolute Gasteiger partial charge is 0.497 e. The van der Waals surface area contributed by atoms with Crippen LogP contribution in [0.1, 0.15) is 49.5 Å². The second-order valence-corrected chi connectivity index (χ2v) is 9.32. The first kappa shape index (κ1) is 25.6. The van der Waals surface area contributed by atoms with Gasteiger partial charge in [-0.25, -0.2) is 9.37 Å². The molecule has 3 heterocycles. The molecular weight excluding hydrogens is 457 g/mol. The lowest BCUT2D eigenvalue weighted by Gasteiger charge is -2.38. The van der Waals surface area contributed by atoms with Crippen LogP contribution in [0.5, 0.6) is 5.75 Å². The zero-order chi connectivity index (χ0) is 25.3. The number of fused-ring (bicyclic) bond motifs is 1. The molecule has 2 aromatic heterocycles. The average molecular weight is 490 g/mol. The molecule has 4 rings (SSSR count). The van der Waals surface area contributed by atoms with E-state index in [4.69, 9.17) is 4.74 Å². The third kappa shape index (κ3) is 6.79. The number of pyridine rings is 2. The zero-order valence-electron chi connectivity index (χ0n) is 20.6. The van der Waals surface area contributed by atoms with Crippen molar-refractivity contribution in [3.8, 4) is 17.6 Å². The quantitative estimate of drug-likeness (QED) is 0.412. The van der Waals surface area contributed by atoms with Gasteiger partial charge in [-0.3, -0.25) is 14.7 Å². The molecule has 0 spiro atoms. The Morgan fingerprint density at radius 1 is 1.19 bits per heavy atom. The Morgan fingerprint density at radius 3 is 2.86 bits per heavy atom. The smallest absolute Gasteiger partial charge is 0.303 e. The number of hydrogen-bond acceptors (Lipinski definition) is 5. The van der Waals surface area contributed by atoms with Crippen LogP contribution in [0.4, 0.5) is 4.39 Å². The number of likely N-dealkylation sites (tertiary alicyclic amines) is 1. The number of nitrogens with zero attached hydrogens (tertiary/aromatic N) is 3. The zero-order valence-corrected chi connectivity index (χ0v) is 20.6. The van der Waals surface area contributed by atoms with Crippen LogP contribution < -0.4 is 4.74 Å². The van der Waals surface area contributed by atoms with Crippen molar-refractivity contribution in [2.24, 2.45) is 11.8 Å². The van der Waals surface area contributed by atoms with E-state index < -0.39 is 12.1 Å². The Labute approximate surface area is 211 Å². The fraction of sp³-hybridized carbons (Fsp3) is 0.414. The van der Waals surface area contributed by atoms with Gasteiger partial charge in [-0.2, -0.15) is 0 Å². The van der Waals surface area contributed by atoms with Gasteiger partial charge in [0.15, 0.2) is 0 Å². The molecule has 3 aromatic rings. The normalized spacial score (nSPS) is 18.8. The average Bonchev–Trinajstić information content (AvgIpc) is 2.91. The summed E-state index contributed by atoms with van der Waals surface area (Å²) in [6.07, 6.45) is 4.99. The number of rotatable bonds is 9. The number of carboxylic acids is 1. The van der Waals surface area contributed by atoms with Crippen molar-refractivity contribution in [1.82, 2.24) is 14.9 Å². The van der Waals surface area contributed by atoms with Gasteiger partial charge in [-0.05, 0) is 91.9 Å². The predicted molar refractivity (Wildman–Crippen MR) is 137 cm³/mol. The number of hydrogen-bond donors (Lipinski definition) is 1. The highest BCUT2D eigenvalue weighted by Crippen LogP contribution is 2.36. The minimum atomic E-state index is -1.12. The Balaban J connectivity index is 1.39. The maximum atomic E-state index is 15.5. The predicted octanol–water partition coefficient (Wildman–Crippen LogP) is 5.28. The van der Waals surface area contributed by atoms with Crippen LogP contribution in [0.2, 0.25) is 0 Å². The number of ether oxygens (including phenoxy) is 1. The van der Waals surface area contributed by atoms with Crippen molar-refractivity contribution in [1.29, 1.82) is 0 Å². The molecule has 1 N–H and O–H groups in total. The van der Waals surface area contributed by atoms with Crippen molar-refractivity contribution in [2.75, 3.05) is 26.7 Å². The lowest BCUT2D eigenvalue weighted by atomic mass is 9.79. The van der Waals surface area contributed by atoms with E-state index in [0.29, 0.717) is 37.1 Å². The second kappa shape index (κ2) is 12.5. The minimum absolute atomic E-state index is 0.127. The van der Waals surface area contributed by atoms with Gasteiger partial charge in [0.2, 0.25) is 0 Å². The first-order chi connectivity index (χ1) is 17.5. The molecule has 0 amide bonds. The molecule has 0 aliphatic carbocycles. The summed E-state index contributed by atoms with van der Waals surface area (Å²) in [5.41, 5.74) is 2.11. The number of piperidine rings is 1. The van der Waals surface area contributed by atoms with Crippen LogP contribution in [0.3, 0.4) is 0 Å². The molecule has 1 saturated heterocycles. The van der Waals surface area contributed by atoms with Crippen molar-refractivity contribution < 1.29 is 19.0 Å². The monoisotopic (exact) mass is 489 g/mol. The van der Waals surface area contributed by atoms with Crippen LogP contribution in [-0.4, -0.2) is 52.7 Å². The molecule has 36 heavy (non-hydrogen) atoms. The Bertz CT molecular complexity index is 1220. The lowest BCUT2D eigenvalue weighted by molar-refractivity contribution is -0.137. The molecule has 6 nitrogen and oxygen atoms in total. The van der Waals surface area contributed by atoms with Crippen LogP contribution in [0.15, 0.2) is 54.9 Å². The SMILES string of the molecule is COc1ccc2nccc([C@@H](F)CCC3CCN(CC#Cc4ccccn4)CC3CCC(=O)O)c2c1. The van der Waals surface area contributed by atoms with E-state index in [2.05, 4.69) is 26.7 Å². The van der Waals surface area contributed by atoms with E-state index in [1.165, 1.54) is 0 Å². The van der Waals surface area contributed by atoms with Crippen LogP contribution in [0.25, 0.3) is 10.9 Å². The standard InChI is InChI=1S/C29H32FN3O3/c1-36-24-9-11-28-26(19-24)25(13-16-32-28)27(30)10-7-21-14-18-33(20-22(21)8-12-29(34)35)17-4-6-23-5-2-3-15-31-23/h2-3,5,9,11,13,15-16,19,21-22,27H,7-8,10,12,14,17-18,20H2,1H3,(H,34,35)/t21?,22?,27-/m0/s1. The summed E-state index contributed by atoms with van der Waals surface area (Å²) >= 11 is 0. The maximum absolute atomic E-state index is 15.5. The van der Waals surface area contributed by atoms with Crippen LogP contribution >= 0.6 is 0 Å². The van der Waals surface area contributed by atoms with E-state index in [1.54, 1.807) is 25.6 Å². The van der Waals surface area contributed by atoms with Gasteiger partial charge in [0.25, 0.3) is 0 Å². The topological polar surface area (TPSA) is 75.5 Å². The maximum Gasteiger partial charge on any atom is 0.303 e. The second-order valence-electron chi connectivity index (χ2n) is 9.32. The molecule has 2 unspecified atom stereocenters. The molecule has 1 aromatic carbocycles. The van der Waals surface area contributed by atoms with Crippen LogP contribution in [-0.2, 0) is 4.79 Å². The molecule has 1 fully saturated rings. The Morgan fingerprint density at radius 2 is 2.08 bits per heavy atom. The number of aliphatic carboxylic acids is 1. The van der Waals surface area contributed by atoms with Gasteiger partial charge in [0, 0.05) is 30.7 Å². The molecule has 0 saturated carbocycles. The fourth-order valence-corrected chi connectivity index (χ4v) is 5.06. The molecule has 3 atom stereocenters. The highest BCUT2D eigenvalue weighted by atomic mass is 19.1. The molecule has 1 aliphatic rings. The summed E-state index contributed by atoms with van der Waals surface area (Å²) in [5, 5.41) is 10.0. The Kier molecular flexibility index (Phi) is 8.85. The van der Waals surface area contributed by atoms with Gasteiger partial charge in [0.05, 0.1) is 19.2 Å². The van der Waals surface area contributed by atoms with Gasteiger partial charge < -0.3 is 9.84 Å². The summed E-state index contributed by atoms with van der Waals surface area (Å²) < 4.78 is 20.8. The number of carboxylic acid groups (broad SMARTS) is 1. The molecule has 0 bridgehead atoms. The van der Waals surface area contributed by atoms with E-state index >= 15 is 4.39 Å². The fourth-order valence-electron chi connectivity index (χ4n) is 5.06. The summed E-state index contributed by atoms with van der Waals surface area (Å²) in [7, 11) is 1.60. The van der Waals surface area contributed by atoms with E-state index in [-0.39, 0.29) is 18.3 Å². The van der Waals surface area contributed by atoms with Crippen molar-refractivity contribution in [2.45, 2.75) is 38.3 Å². The van der Waals surface area contributed by atoms with Crippen molar-refractivity contribution in [3.05, 3.63) is 66.1 Å². The minimum Gasteiger partial charge on any atom is -0.497 e. The molecular formula is C29H32FN3O3. The molecule has 0 radical (unpaired) electrons. The lowest BCUT2D eigenvalue weighted by Crippen LogP contribution is -2.41. The first-order valence-corrected chi connectivity index (χ1v) is 12.4. The van der Waals surface area contributed by atoms with Gasteiger partial charge in [-0.1, -0.05) is 12.0 Å². The van der Waals surface area contributed by atoms with Gasteiger partial charge >= 0.3 is 5.97 Å². The number of alkyl halides is 1. The molecule has 188 valence electrons. The molecule has 1 aliphatic heterocycles. The van der Waals surface area contributed by atoms with E-state index in [0.717, 1.165) is 36.1 Å². The first-order valence-electron chi connectivity index (χ1n) is 12.4. The highest BCUT2D eigenvalue weighted by molar-refractivity contribution is 5.83. The number of methoxy groups -OCH3 is 1. The van der Waals surface area contributed by atoms with Gasteiger partial charge in [0.1, 0.15) is 17.6 Å². The van der Waals surface area contributed by atoms with Gasteiger partial charge in [-0.15, -0.1) is 0 Å². The summed E-state index contributed by atoms with van der Waals surface area (Å²) in [4.78, 5) is 22.1. The van der Waals surface area contributed by atoms with Crippen molar-refractivity contribution in [3.63, 3.8) is 0 Å².